The van der Waals surface area contributed by atoms with Gasteiger partial charge in [0.2, 0.25) is 0 Å². The molecule has 0 radical (unpaired) electrons. The number of furan rings is 1. The van der Waals surface area contributed by atoms with Crippen LogP contribution in [0.15, 0.2) is 40.8 Å². The van der Waals surface area contributed by atoms with E-state index in [-0.39, 0.29) is 11.9 Å². The Morgan fingerprint density at radius 2 is 2.04 bits per heavy atom. The van der Waals surface area contributed by atoms with Crippen molar-refractivity contribution < 1.29 is 9.21 Å². The summed E-state index contributed by atoms with van der Waals surface area (Å²) < 4.78 is 5.76. The van der Waals surface area contributed by atoms with Crippen molar-refractivity contribution in [2.24, 2.45) is 5.92 Å². The molecule has 126 valence electrons. The van der Waals surface area contributed by atoms with Crippen molar-refractivity contribution >= 4 is 17.5 Å². The van der Waals surface area contributed by atoms with E-state index in [9.17, 15) is 4.79 Å². The number of piperidine rings is 3. The molecule has 3 aliphatic rings. The summed E-state index contributed by atoms with van der Waals surface area (Å²) in [6.45, 7) is 4.51. The second-order valence-electron chi connectivity index (χ2n) is 6.79. The van der Waals surface area contributed by atoms with Gasteiger partial charge in [0.05, 0.1) is 0 Å². The van der Waals surface area contributed by atoms with Crippen molar-refractivity contribution in [3.8, 4) is 11.3 Å². The van der Waals surface area contributed by atoms with Crippen LogP contribution >= 0.6 is 11.6 Å². The van der Waals surface area contributed by atoms with Gasteiger partial charge in [-0.25, -0.2) is 0 Å². The Morgan fingerprint density at radius 3 is 2.75 bits per heavy atom. The molecule has 3 aliphatic heterocycles. The Hall–Kier alpha value is -1.78. The van der Waals surface area contributed by atoms with E-state index < -0.39 is 0 Å². The molecule has 3 fully saturated rings. The maximum Gasteiger partial charge on any atom is 0.287 e. The highest BCUT2D eigenvalue weighted by molar-refractivity contribution is 6.30. The highest BCUT2D eigenvalue weighted by Gasteiger charge is 2.40. The number of rotatable bonds is 3. The Kier molecular flexibility index (Phi) is 4.10. The summed E-state index contributed by atoms with van der Waals surface area (Å²) in [6, 6.07) is 11.6. The summed E-state index contributed by atoms with van der Waals surface area (Å²) in [7, 11) is 0. The summed E-state index contributed by atoms with van der Waals surface area (Å²) >= 11 is 6.02. The highest BCUT2D eigenvalue weighted by atomic mass is 35.5. The third-order valence-corrected chi connectivity index (χ3v) is 5.65. The summed E-state index contributed by atoms with van der Waals surface area (Å²) in [5, 5.41) is 3.84. The molecule has 1 aromatic carbocycles. The third-order valence-electron chi connectivity index (χ3n) is 5.41. The molecule has 1 N–H and O–H groups in total. The normalized spacial score (nSPS) is 28.8. The summed E-state index contributed by atoms with van der Waals surface area (Å²) in [4.78, 5) is 15.1. The van der Waals surface area contributed by atoms with Crippen molar-refractivity contribution in [1.29, 1.82) is 0 Å². The van der Waals surface area contributed by atoms with Crippen LogP contribution < -0.4 is 5.32 Å². The molecule has 4 nitrogen and oxygen atoms in total. The van der Waals surface area contributed by atoms with Crippen LogP contribution in [-0.4, -0.2) is 36.0 Å². The van der Waals surface area contributed by atoms with E-state index in [2.05, 4.69) is 17.1 Å². The molecule has 4 heterocycles. The first kappa shape index (κ1) is 15.7. The Bertz CT molecular complexity index is 747. The smallest absolute Gasteiger partial charge is 0.287 e. The van der Waals surface area contributed by atoms with Crippen LogP contribution in [0.25, 0.3) is 11.3 Å². The molecule has 5 heteroatoms. The van der Waals surface area contributed by atoms with Gasteiger partial charge in [-0.3, -0.25) is 9.69 Å². The first-order chi connectivity index (χ1) is 11.6. The topological polar surface area (TPSA) is 45.5 Å². The van der Waals surface area contributed by atoms with Crippen LogP contribution in [0, 0.1) is 5.92 Å². The number of halogens is 1. The average molecular weight is 345 g/mol. The Labute approximate surface area is 146 Å². The molecule has 3 saturated heterocycles. The summed E-state index contributed by atoms with van der Waals surface area (Å²) in [6.07, 6.45) is 2.34. The Morgan fingerprint density at radius 1 is 1.25 bits per heavy atom. The van der Waals surface area contributed by atoms with Crippen molar-refractivity contribution in [3.05, 3.63) is 47.2 Å². The fourth-order valence-corrected chi connectivity index (χ4v) is 4.21. The lowest BCUT2D eigenvalue weighted by atomic mass is 9.79. The van der Waals surface area contributed by atoms with E-state index in [1.54, 1.807) is 6.07 Å². The molecular formula is C19H21ClN2O2. The van der Waals surface area contributed by atoms with Gasteiger partial charge in [-0.1, -0.05) is 23.7 Å². The van der Waals surface area contributed by atoms with E-state index >= 15 is 0 Å². The van der Waals surface area contributed by atoms with Crippen LogP contribution in [-0.2, 0) is 0 Å². The summed E-state index contributed by atoms with van der Waals surface area (Å²) in [5.41, 5.74) is 0.873. The number of hydrogen-bond acceptors (Lipinski definition) is 3. The highest BCUT2D eigenvalue weighted by Crippen LogP contribution is 2.32. The molecule has 0 saturated carbocycles. The van der Waals surface area contributed by atoms with E-state index in [0.717, 1.165) is 18.7 Å². The van der Waals surface area contributed by atoms with Crippen molar-refractivity contribution in [2.75, 3.05) is 13.1 Å². The van der Waals surface area contributed by atoms with Crippen LogP contribution in [0.2, 0.25) is 5.02 Å². The van der Waals surface area contributed by atoms with Gasteiger partial charge in [-0.15, -0.1) is 0 Å². The number of hydrogen-bond donors (Lipinski definition) is 1. The fraction of sp³-hybridized carbons (Fsp3) is 0.421. The molecule has 0 unspecified atom stereocenters. The lowest BCUT2D eigenvalue weighted by Gasteiger charge is -2.49. The van der Waals surface area contributed by atoms with Crippen LogP contribution in [0.5, 0.6) is 0 Å². The molecular weight excluding hydrogens is 324 g/mol. The van der Waals surface area contributed by atoms with E-state index in [1.807, 2.05) is 30.3 Å². The van der Waals surface area contributed by atoms with Crippen molar-refractivity contribution in [2.45, 2.75) is 31.8 Å². The lowest BCUT2D eigenvalue weighted by Crippen LogP contribution is -2.62. The first-order valence-electron chi connectivity index (χ1n) is 8.52. The molecule has 0 aliphatic carbocycles. The van der Waals surface area contributed by atoms with Crippen LogP contribution in [0.4, 0.5) is 0 Å². The van der Waals surface area contributed by atoms with Gasteiger partial charge < -0.3 is 9.73 Å². The maximum absolute atomic E-state index is 12.6. The number of nitrogens with one attached hydrogen (secondary N) is 1. The number of nitrogens with zero attached hydrogens (tertiary/aromatic N) is 1. The SMILES string of the molecule is C[C@H]1[C@H](NC(=O)c2ccc(-c3cccc(Cl)c3)o2)C2CCN1CC2. The van der Waals surface area contributed by atoms with Crippen LogP contribution in [0.1, 0.15) is 30.3 Å². The van der Waals surface area contributed by atoms with Gasteiger partial charge in [0.25, 0.3) is 5.91 Å². The number of amides is 1. The van der Waals surface area contributed by atoms with E-state index in [0.29, 0.717) is 28.5 Å². The minimum atomic E-state index is -0.131. The number of carbonyl (C=O) groups is 1. The van der Waals surface area contributed by atoms with E-state index in [4.69, 9.17) is 16.0 Å². The zero-order valence-electron chi connectivity index (χ0n) is 13.7. The van der Waals surface area contributed by atoms with Crippen LogP contribution in [0.3, 0.4) is 0 Å². The first-order valence-corrected chi connectivity index (χ1v) is 8.90. The van der Waals surface area contributed by atoms with Crippen molar-refractivity contribution in [1.82, 2.24) is 10.2 Å². The largest absolute Gasteiger partial charge is 0.451 e. The lowest BCUT2D eigenvalue weighted by molar-refractivity contribution is 0.0211. The molecule has 2 bridgehead atoms. The standard InChI is InChI=1S/C19H21ClN2O2/c1-12-18(13-7-9-22(12)10-8-13)21-19(23)17-6-5-16(24-17)14-3-2-4-15(20)11-14/h2-6,11-13,18H,7-10H2,1H3,(H,21,23)/t12-,18-/m0/s1. The number of fused-ring (bicyclic) bond motifs is 3. The zero-order chi connectivity index (χ0) is 16.7. The molecule has 0 spiro atoms. The zero-order valence-corrected chi connectivity index (χ0v) is 14.4. The maximum atomic E-state index is 12.6. The van der Waals surface area contributed by atoms with Crippen molar-refractivity contribution in [3.63, 3.8) is 0 Å². The van der Waals surface area contributed by atoms with Gasteiger partial charge in [0.1, 0.15) is 5.76 Å². The molecule has 2 atom stereocenters. The summed E-state index contributed by atoms with van der Waals surface area (Å²) in [5.74, 6) is 1.46. The number of carbonyl (C=O) groups excluding carboxylic acids is 1. The molecule has 5 rings (SSSR count). The van der Waals surface area contributed by atoms with Gasteiger partial charge in [-0.05, 0) is 63.0 Å². The predicted molar refractivity (Wildman–Crippen MR) is 94.2 cm³/mol. The van der Waals surface area contributed by atoms with Gasteiger partial charge >= 0.3 is 0 Å². The second kappa shape index (κ2) is 6.26. The average Bonchev–Trinajstić information content (AvgIpc) is 3.09. The van der Waals surface area contributed by atoms with Gasteiger partial charge in [0, 0.05) is 22.7 Å². The molecule has 24 heavy (non-hydrogen) atoms. The van der Waals surface area contributed by atoms with Gasteiger partial charge in [-0.2, -0.15) is 0 Å². The monoisotopic (exact) mass is 344 g/mol. The quantitative estimate of drug-likeness (QED) is 0.920. The minimum absolute atomic E-state index is 0.131. The van der Waals surface area contributed by atoms with E-state index in [1.165, 1.54) is 12.8 Å². The second-order valence-corrected chi connectivity index (χ2v) is 7.22. The number of benzene rings is 1. The predicted octanol–water partition coefficient (Wildman–Crippen LogP) is 3.81. The minimum Gasteiger partial charge on any atom is -0.451 e. The molecule has 1 aromatic heterocycles. The fourth-order valence-electron chi connectivity index (χ4n) is 4.02. The third kappa shape index (κ3) is 2.85. The molecule has 1 amide bonds. The Balaban J connectivity index is 1.49. The molecule has 2 aromatic rings. The van der Waals surface area contributed by atoms with Gasteiger partial charge in [0.15, 0.2) is 5.76 Å².